The molecule has 0 saturated carbocycles. The average Bonchev–Trinajstić information content (AvgIpc) is 3.16. The molecule has 0 aromatic heterocycles. The van der Waals surface area contributed by atoms with Crippen LogP contribution < -0.4 is 4.90 Å². The molecule has 3 aromatic carbocycles. The van der Waals surface area contributed by atoms with Crippen molar-refractivity contribution in [3.05, 3.63) is 101 Å². The van der Waals surface area contributed by atoms with E-state index in [2.05, 4.69) is 31.2 Å². The van der Waals surface area contributed by atoms with Crippen LogP contribution in [0, 0.1) is 11.8 Å². The monoisotopic (exact) mass is 465 g/mol. The van der Waals surface area contributed by atoms with Gasteiger partial charge in [0.15, 0.2) is 0 Å². The Morgan fingerprint density at radius 3 is 1.74 bits per heavy atom. The molecule has 7 rings (SSSR count). The molecule has 3 aromatic rings. The number of unbranched alkanes of at least 4 members (excludes halogenated alkanes) is 2. The van der Waals surface area contributed by atoms with Gasteiger partial charge in [0.2, 0.25) is 11.8 Å². The van der Waals surface area contributed by atoms with Gasteiger partial charge in [-0.3, -0.25) is 9.59 Å². The van der Waals surface area contributed by atoms with E-state index in [-0.39, 0.29) is 29.2 Å². The number of nitrogens with zero attached hydrogens (tertiary/aromatic N) is 1. The topological polar surface area (TPSA) is 63.7 Å². The Morgan fingerprint density at radius 2 is 1.23 bits per heavy atom. The van der Waals surface area contributed by atoms with Crippen molar-refractivity contribution in [1.82, 2.24) is 0 Å². The lowest BCUT2D eigenvalue weighted by atomic mass is 9.55. The lowest BCUT2D eigenvalue weighted by Gasteiger charge is -2.45. The Bertz CT molecular complexity index is 1230. The van der Waals surface area contributed by atoms with E-state index in [0.29, 0.717) is 12.3 Å². The predicted molar refractivity (Wildman–Crippen MR) is 132 cm³/mol. The van der Waals surface area contributed by atoms with E-state index in [9.17, 15) is 14.4 Å². The fraction of sp³-hybridized carbons (Fsp3) is 0.300. The number of hydrogen-bond acceptors (Lipinski definition) is 4. The second kappa shape index (κ2) is 8.49. The molecule has 1 heterocycles. The van der Waals surface area contributed by atoms with Gasteiger partial charge in [-0.25, -0.2) is 9.69 Å². The van der Waals surface area contributed by atoms with Crippen molar-refractivity contribution in [3.63, 3.8) is 0 Å². The quantitative estimate of drug-likeness (QED) is 0.277. The van der Waals surface area contributed by atoms with E-state index < -0.39 is 17.8 Å². The van der Waals surface area contributed by atoms with Gasteiger partial charge in [-0.2, -0.15) is 0 Å². The molecule has 2 amide bonds. The first kappa shape index (κ1) is 21.8. The second-order valence-electron chi connectivity index (χ2n) is 9.64. The van der Waals surface area contributed by atoms with Crippen molar-refractivity contribution in [3.8, 4) is 0 Å². The predicted octanol–water partition coefficient (Wildman–Crippen LogP) is 5.43. The number of amides is 2. The number of carbonyl (C=O) groups is 3. The molecule has 0 N–H and O–H groups in total. The Kier molecular flexibility index (Phi) is 5.28. The molecule has 1 saturated heterocycles. The molecular weight excluding hydrogens is 438 g/mol. The van der Waals surface area contributed by atoms with Crippen LogP contribution in [0.25, 0.3) is 0 Å². The number of carbonyl (C=O) groups excluding carboxylic acids is 3. The van der Waals surface area contributed by atoms with E-state index in [1.165, 1.54) is 4.90 Å². The van der Waals surface area contributed by atoms with Gasteiger partial charge < -0.3 is 4.74 Å². The third-order valence-electron chi connectivity index (χ3n) is 7.79. The zero-order chi connectivity index (χ0) is 24.1. The highest BCUT2D eigenvalue weighted by Crippen LogP contribution is 2.61. The molecule has 0 spiro atoms. The van der Waals surface area contributed by atoms with Crippen LogP contribution in [0.3, 0.4) is 0 Å². The van der Waals surface area contributed by atoms with Gasteiger partial charge in [-0.15, -0.1) is 0 Å². The zero-order valence-electron chi connectivity index (χ0n) is 19.6. The highest BCUT2D eigenvalue weighted by molar-refractivity contribution is 6.25. The number of para-hydroxylation sites is 1. The number of ether oxygens (including phenoxy) is 1. The van der Waals surface area contributed by atoms with Gasteiger partial charge in [0.05, 0.1) is 29.7 Å². The van der Waals surface area contributed by atoms with E-state index in [4.69, 9.17) is 4.74 Å². The summed E-state index contributed by atoms with van der Waals surface area (Å²) in [6, 6.07) is 23.1. The van der Waals surface area contributed by atoms with Crippen molar-refractivity contribution in [2.24, 2.45) is 11.8 Å². The van der Waals surface area contributed by atoms with E-state index in [0.717, 1.165) is 41.5 Å². The van der Waals surface area contributed by atoms with Gasteiger partial charge in [0.25, 0.3) is 0 Å². The van der Waals surface area contributed by atoms with Gasteiger partial charge in [-0.1, -0.05) is 80.4 Å². The summed E-state index contributed by atoms with van der Waals surface area (Å²) in [5, 5.41) is 0. The molecule has 35 heavy (non-hydrogen) atoms. The zero-order valence-corrected chi connectivity index (χ0v) is 19.6. The van der Waals surface area contributed by atoms with E-state index in [1.54, 1.807) is 24.3 Å². The number of imide groups is 1. The largest absolute Gasteiger partial charge is 0.462 e. The summed E-state index contributed by atoms with van der Waals surface area (Å²) in [5.41, 5.74) is 5.10. The fourth-order valence-corrected chi connectivity index (χ4v) is 6.35. The summed E-state index contributed by atoms with van der Waals surface area (Å²) in [6.45, 7) is 2.41. The molecule has 176 valence electrons. The lowest BCUT2D eigenvalue weighted by molar-refractivity contribution is -0.122. The van der Waals surface area contributed by atoms with Gasteiger partial charge in [-0.05, 0) is 40.8 Å². The first-order chi connectivity index (χ1) is 17.1. The fourth-order valence-electron chi connectivity index (χ4n) is 6.35. The number of anilines is 1. The molecule has 2 atom stereocenters. The lowest BCUT2D eigenvalue weighted by Crippen LogP contribution is -2.41. The first-order valence-electron chi connectivity index (χ1n) is 12.4. The Labute approximate surface area is 204 Å². The summed E-state index contributed by atoms with van der Waals surface area (Å²) in [5.74, 6) is -2.27. The van der Waals surface area contributed by atoms with Gasteiger partial charge in [0.1, 0.15) is 0 Å². The maximum absolute atomic E-state index is 14.0. The summed E-state index contributed by atoms with van der Waals surface area (Å²) < 4.78 is 5.49. The highest BCUT2D eigenvalue weighted by atomic mass is 16.5. The summed E-state index contributed by atoms with van der Waals surface area (Å²) in [7, 11) is 0. The molecule has 2 bridgehead atoms. The Morgan fingerprint density at radius 1 is 0.743 bits per heavy atom. The van der Waals surface area contributed by atoms with Crippen molar-refractivity contribution in [1.29, 1.82) is 0 Å². The SMILES string of the molecule is CCCCCOC(=O)c1ccccc1N1C(=O)C2C3c4ccccc4C(c4ccccc43)C2C1=O. The number of rotatable bonds is 6. The second-order valence-corrected chi connectivity index (χ2v) is 9.64. The molecule has 1 aliphatic heterocycles. The molecule has 1 fully saturated rings. The average molecular weight is 466 g/mol. The molecule has 5 nitrogen and oxygen atoms in total. The number of hydrogen-bond donors (Lipinski definition) is 0. The number of esters is 1. The van der Waals surface area contributed by atoms with Crippen molar-refractivity contribution < 1.29 is 19.1 Å². The molecular formula is C30H27NO4. The van der Waals surface area contributed by atoms with E-state index in [1.807, 2.05) is 24.3 Å². The van der Waals surface area contributed by atoms with Crippen LogP contribution in [0.1, 0.15) is 70.6 Å². The Balaban J connectivity index is 1.41. The van der Waals surface area contributed by atoms with Crippen LogP contribution in [0.5, 0.6) is 0 Å². The van der Waals surface area contributed by atoms with Crippen molar-refractivity contribution in [2.45, 2.75) is 38.0 Å². The van der Waals surface area contributed by atoms with Crippen LogP contribution in [0.15, 0.2) is 72.8 Å². The molecule has 0 radical (unpaired) electrons. The van der Waals surface area contributed by atoms with Crippen molar-refractivity contribution >= 4 is 23.5 Å². The van der Waals surface area contributed by atoms with Crippen LogP contribution in [-0.4, -0.2) is 24.4 Å². The third kappa shape index (κ3) is 3.18. The summed E-state index contributed by atoms with van der Waals surface area (Å²) in [6.07, 6.45) is 2.79. The maximum Gasteiger partial charge on any atom is 0.340 e. The number of benzene rings is 3. The summed E-state index contributed by atoms with van der Waals surface area (Å²) >= 11 is 0. The van der Waals surface area contributed by atoms with Crippen LogP contribution in [0.4, 0.5) is 5.69 Å². The van der Waals surface area contributed by atoms with E-state index >= 15 is 0 Å². The minimum Gasteiger partial charge on any atom is -0.462 e. The minimum absolute atomic E-state index is 0.174. The van der Waals surface area contributed by atoms with Crippen LogP contribution >= 0.6 is 0 Å². The Hall–Kier alpha value is -3.73. The first-order valence-corrected chi connectivity index (χ1v) is 12.4. The standard InChI is InChI=1S/C30H27NO4/c1-2-3-10-17-35-30(34)22-15-8-9-16-23(22)31-28(32)26-24-18-11-4-5-12-19(18)25(27(26)29(31)33)21-14-7-6-13-20(21)24/h4-9,11-16,24-27H,2-3,10,17H2,1H3. The maximum atomic E-state index is 14.0. The summed E-state index contributed by atoms with van der Waals surface area (Å²) in [4.78, 5) is 42.2. The highest BCUT2D eigenvalue weighted by Gasteiger charge is 2.62. The smallest absolute Gasteiger partial charge is 0.340 e. The van der Waals surface area contributed by atoms with Crippen LogP contribution in [-0.2, 0) is 14.3 Å². The van der Waals surface area contributed by atoms with Gasteiger partial charge >= 0.3 is 5.97 Å². The van der Waals surface area contributed by atoms with Crippen molar-refractivity contribution in [2.75, 3.05) is 11.5 Å². The van der Waals surface area contributed by atoms with Crippen LogP contribution in [0.2, 0.25) is 0 Å². The third-order valence-corrected chi connectivity index (χ3v) is 7.79. The van der Waals surface area contributed by atoms with Gasteiger partial charge in [0, 0.05) is 11.8 Å². The molecule has 4 aliphatic rings. The molecule has 2 unspecified atom stereocenters. The molecule has 3 aliphatic carbocycles. The normalized spacial score (nSPS) is 23.6. The molecule has 5 heteroatoms. The minimum atomic E-state index is -0.498.